The van der Waals surface area contributed by atoms with Crippen molar-refractivity contribution in [2.75, 3.05) is 13.3 Å². The summed E-state index contributed by atoms with van der Waals surface area (Å²) >= 11 is 0. The zero-order valence-corrected chi connectivity index (χ0v) is 30.4. The molecule has 0 aliphatic rings. The molecule has 5 N–H and O–H groups in total. The van der Waals surface area contributed by atoms with Crippen LogP contribution in [0.25, 0.3) is 11.3 Å². The monoisotopic (exact) mass is 765 g/mol. The number of ether oxygens (including phenoxy) is 1. The summed E-state index contributed by atoms with van der Waals surface area (Å²) in [6.45, 7) is 5.19. The Balaban J connectivity index is 1.69. The van der Waals surface area contributed by atoms with Crippen LogP contribution in [0.15, 0.2) is 64.2 Å². The summed E-state index contributed by atoms with van der Waals surface area (Å²) in [5.74, 6) is -6.55. The van der Waals surface area contributed by atoms with Crippen LogP contribution in [0.3, 0.4) is 0 Å². The molecule has 18 heteroatoms. The van der Waals surface area contributed by atoms with Gasteiger partial charge in [-0.1, -0.05) is 39.2 Å². The topological polar surface area (TPSA) is 260 Å². The van der Waals surface area contributed by atoms with E-state index in [0.717, 1.165) is 17.9 Å². The molecule has 4 amide bonds. The Morgan fingerprint density at radius 1 is 0.927 bits per heavy atom. The zero-order valence-electron chi connectivity index (χ0n) is 30.4. The highest BCUT2D eigenvalue weighted by Crippen LogP contribution is 2.29. The maximum atomic E-state index is 13.5. The van der Waals surface area contributed by atoms with Crippen LogP contribution < -0.4 is 20.7 Å². The molecule has 294 valence electrons. The molecule has 0 saturated carbocycles. The minimum Gasteiger partial charge on any atom is -0.493 e. The number of unbranched alkanes of at least 4 members (excludes halogenated alkanes) is 2. The van der Waals surface area contributed by atoms with E-state index in [1.165, 1.54) is 54.6 Å². The molecule has 0 unspecified atom stereocenters. The van der Waals surface area contributed by atoms with Crippen molar-refractivity contribution < 1.29 is 57.8 Å². The SMILES string of the molecule is CCCCC[C@@H](C(=O)NCNC(=O)c1ccc(-c2ccc(C(=O)N[C@@H](CC(=O)O)C(=O)O)c(OCC)c2)o1)[C@@H](CC)N(C=O)OC(=O)c1ccc(N=O)cc1. The highest BCUT2D eigenvalue weighted by atomic mass is 16.7. The van der Waals surface area contributed by atoms with Crippen molar-refractivity contribution >= 4 is 47.7 Å². The van der Waals surface area contributed by atoms with Crippen LogP contribution in [-0.2, 0) is 24.0 Å². The second-order valence-corrected chi connectivity index (χ2v) is 12.1. The van der Waals surface area contributed by atoms with Crippen LogP contribution in [-0.4, -0.2) is 82.7 Å². The third-order valence-corrected chi connectivity index (χ3v) is 8.30. The van der Waals surface area contributed by atoms with E-state index in [2.05, 4.69) is 21.1 Å². The summed E-state index contributed by atoms with van der Waals surface area (Å²) in [6, 6.07) is 9.87. The van der Waals surface area contributed by atoms with Gasteiger partial charge in [-0.25, -0.2) is 9.59 Å². The molecule has 0 fully saturated rings. The quantitative estimate of drug-likeness (QED) is 0.0295. The lowest BCUT2D eigenvalue weighted by molar-refractivity contribution is -0.171. The van der Waals surface area contributed by atoms with Gasteiger partial charge in [0.25, 0.3) is 11.8 Å². The number of amides is 4. The number of carboxylic acid groups (broad SMARTS) is 2. The van der Waals surface area contributed by atoms with Gasteiger partial charge in [0.05, 0.1) is 42.8 Å². The van der Waals surface area contributed by atoms with Gasteiger partial charge >= 0.3 is 17.9 Å². The van der Waals surface area contributed by atoms with Crippen LogP contribution in [0.2, 0.25) is 0 Å². The summed E-state index contributed by atoms with van der Waals surface area (Å²) in [6.07, 6.45) is 2.38. The number of nitroso groups, excluding NO2 is 1. The Kier molecular flexibility index (Phi) is 16.5. The maximum absolute atomic E-state index is 13.5. The molecule has 0 aliphatic carbocycles. The molecule has 1 heterocycles. The molecule has 18 nitrogen and oxygen atoms in total. The second-order valence-electron chi connectivity index (χ2n) is 12.1. The van der Waals surface area contributed by atoms with Crippen molar-refractivity contribution in [1.82, 2.24) is 21.0 Å². The summed E-state index contributed by atoms with van der Waals surface area (Å²) in [7, 11) is 0. The number of benzene rings is 2. The minimum atomic E-state index is -1.68. The molecule has 0 spiro atoms. The Morgan fingerprint density at radius 3 is 2.25 bits per heavy atom. The molecule has 0 bridgehead atoms. The molecule has 3 atom stereocenters. The number of carboxylic acids is 2. The van der Waals surface area contributed by atoms with Crippen molar-refractivity contribution in [2.24, 2.45) is 11.1 Å². The smallest absolute Gasteiger partial charge is 0.363 e. The van der Waals surface area contributed by atoms with Crippen molar-refractivity contribution in [2.45, 2.75) is 71.4 Å². The van der Waals surface area contributed by atoms with Crippen LogP contribution in [0.4, 0.5) is 5.69 Å². The van der Waals surface area contributed by atoms with Crippen molar-refractivity contribution in [1.29, 1.82) is 0 Å². The van der Waals surface area contributed by atoms with Crippen LogP contribution in [0, 0.1) is 10.8 Å². The van der Waals surface area contributed by atoms with Gasteiger partial charge in [-0.15, -0.1) is 4.91 Å². The van der Waals surface area contributed by atoms with E-state index in [0.29, 0.717) is 24.8 Å². The lowest BCUT2D eigenvalue weighted by Crippen LogP contribution is -2.49. The Bertz CT molecular complexity index is 1840. The van der Waals surface area contributed by atoms with E-state index >= 15 is 0 Å². The number of hydroxylamine groups is 2. The second kappa shape index (κ2) is 21.2. The van der Waals surface area contributed by atoms with Crippen LogP contribution in [0.5, 0.6) is 5.75 Å². The third-order valence-electron chi connectivity index (χ3n) is 8.30. The molecule has 2 aromatic carbocycles. The van der Waals surface area contributed by atoms with E-state index < -0.39 is 60.1 Å². The maximum Gasteiger partial charge on any atom is 0.363 e. The standard InChI is InChI=1S/C37H43N5O13/c1-4-7-8-9-25(28(5-2)42(21-43)55-37(51)22-10-13-24(41-52)14-11-22)33(46)38-20-39-35(48)30-17-16-29(54-30)23-12-15-26(31(18-23)53-6-3)34(47)40-27(36(49)50)19-32(44)45/h10-18,21,25,27-28H,4-9,19-20H2,1-3H3,(H,38,46)(H,39,48)(H,40,47)(H,44,45)(H,49,50)/t25-,27+,28-/m1/s1. The molecule has 0 aliphatic heterocycles. The minimum absolute atomic E-state index is 0.0506. The van der Waals surface area contributed by atoms with Crippen molar-refractivity contribution in [3.63, 3.8) is 0 Å². The average Bonchev–Trinajstić information content (AvgIpc) is 3.67. The highest BCUT2D eigenvalue weighted by Gasteiger charge is 2.34. The fourth-order valence-corrected chi connectivity index (χ4v) is 5.52. The zero-order chi connectivity index (χ0) is 40.5. The van der Waals surface area contributed by atoms with Gasteiger partial charge in [0.15, 0.2) is 5.76 Å². The molecule has 0 saturated heterocycles. The first-order chi connectivity index (χ1) is 26.4. The number of nitrogens with one attached hydrogen (secondary N) is 3. The molecular weight excluding hydrogens is 722 g/mol. The van der Waals surface area contributed by atoms with Gasteiger partial charge in [0.1, 0.15) is 23.2 Å². The number of rotatable bonds is 23. The van der Waals surface area contributed by atoms with Crippen molar-refractivity contribution in [3.8, 4) is 17.1 Å². The first-order valence-electron chi connectivity index (χ1n) is 17.4. The molecular formula is C37H43N5O13. The Labute approximate surface area is 315 Å². The van der Waals surface area contributed by atoms with E-state index in [9.17, 15) is 43.6 Å². The van der Waals surface area contributed by atoms with Crippen molar-refractivity contribution in [3.05, 3.63) is 76.4 Å². The predicted molar refractivity (Wildman–Crippen MR) is 194 cm³/mol. The lowest BCUT2D eigenvalue weighted by atomic mass is 9.90. The Morgan fingerprint density at radius 2 is 1.65 bits per heavy atom. The fraction of sp³-hybridized carbons (Fsp3) is 0.378. The van der Waals surface area contributed by atoms with Crippen LogP contribution >= 0.6 is 0 Å². The Hall–Kier alpha value is -6.59. The normalized spacial score (nSPS) is 12.3. The number of nitrogens with zero attached hydrogens (tertiary/aromatic N) is 2. The van der Waals surface area contributed by atoms with Gasteiger partial charge in [0.2, 0.25) is 12.3 Å². The van der Waals surface area contributed by atoms with Crippen LogP contribution in [0.1, 0.15) is 90.6 Å². The van der Waals surface area contributed by atoms with E-state index in [1.807, 2.05) is 6.92 Å². The predicted octanol–water partition coefficient (Wildman–Crippen LogP) is 4.41. The molecule has 3 aromatic rings. The first-order valence-corrected chi connectivity index (χ1v) is 17.4. The van der Waals surface area contributed by atoms with E-state index in [4.69, 9.17) is 19.1 Å². The van der Waals surface area contributed by atoms with Gasteiger partial charge in [-0.3, -0.25) is 24.0 Å². The summed E-state index contributed by atoms with van der Waals surface area (Å²) in [4.78, 5) is 103. The largest absolute Gasteiger partial charge is 0.493 e. The average molecular weight is 766 g/mol. The van der Waals surface area contributed by atoms with Gasteiger partial charge in [-0.2, -0.15) is 5.06 Å². The first kappa shape index (κ1) is 42.8. The third kappa shape index (κ3) is 12.2. The molecule has 3 rings (SSSR count). The number of carbonyl (C=O) groups is 7. The fourth-order valence-electron chi connectivity index (χ4n) is 5.52. The summed E-state index contributed by atoms with van der Waals surface area (Å²) in [5.41, 5.74) is 0.496. The summed E-state index contributed by atoms with van der Waals surface area (Å²) < 4.78 is 11.3. The molecule has 1 aromatic heterocycles. The molecule has 55 heavy (non-hydrogen) atoms. The van der Waals surface area contributed by atoms with Gasteiger partial charge < -0.3 is 40.2 Å². The number of hydrogen-bond acceptors (Lipinski definition) is 12. The van der Waals surface area contributed by atoms with E-state index in [1.54, 1.807) is 13.8 Å². The lowest BCUT2D eigenvalue weighted by Gasteiger charge is -2.31. The van der Waals surface area contributed by atoms with Gasteiger partial charge in [-0.05, 0) is 73.5 Å². The highest BCUT2D eigenvalue weighted by molar-refractivity contribution is 6.00. The number of hydrogen-bond donors (Lipinski definition) is 5. The van der Waals surface area contributed by atoms with E-state index in [-0.39, 0.29) is 53.8 Å². The number of furan rings is 1. The summed E-state index contributed by atoms with van der Waals surface area (Å²) in [5, 5.41) is 29.2. The number of carbonyl (C=O) groups excluding carboxylic acids is 5. The van der Waals surface area contributed by atoms with Gasteiger partial charge in [0, 0.05) is 5.56 Å². The number of aliphatic carboxylic acids is 2. The molecule has 0 radical (unpaired) electrons.